The Morgan fingerprint density at radius 3 is 2.34 bits per heavy atom. The predicted molar refractivity (Wildman–Crippen MR) is 173 cm³/mol. The first-order chi connectivity index (χ1) is 20.7. The van der Waals surface area contributed by atoms with Crippen LogP contribution in [0.25, 0.3) is 0 Å². The summed E-state index contributed by atoms with van der Waals surface area (Å²) in [4.78, 5) is 38.7. The van der Waals surface area contributed by atoms with Crippen molar-refractivity contribution in [3.8, 4) is 11.5 Å². The van der Waals surface area contributed by atoms with Gasteiger partial charge in [-0.25, -0.2) is 4.39 Å². The van der Waals surface area contributed by atoms with Crippen LogP contribution in [-0.2, 0) is 22.7 Å². The Morgan fingerprint density at radius 2 is 1.68 bits per heavy atom. The lowest BCUT2D eigenvalue weighted by Gasteiger charge is -2.21. The van der Waals surface area contributed by atoms with E-state index in [0.29, 0.717) is 23.4 Å². The third-order valence-corrected chi connectivity index (χ3v) is 6.95. The van der Waals surface area contributed by atoms with Crippen molar-refractivity contribution in [1.82, 2.24) is 5.32 Å². The lowest BCUT2D eigenvalue weighted by atomic mass is 10.0. The van der Waals surface area contributed by atoms with Crippen molar-refractivity contribution in [3.63, 3.8) is 0 Å². The number of anilines is 2. The minimum atomic E-state index is -0.677. The molecular formula is C33H33Cl2FN4O4. The van der Waals surface area contributed by atoms with E-state index in [1.54, 1.807) is 66.7 Å². The summed E-state index contributed by atoms with van der Waals surface area (Å²) in [5.74, 6) is -1.03. The zero-order valence-corrected chi connectivity index (χ0v) is 25.7. The van der Waals surface area contributed by atoms with Gasteiger partial charge in [-0.3, -0.25) is 14.4 Å². The van der Waals surface area contributed by atoms with Gasteiger partial charge in [0.05, 0.1) is 22.3 Å². The highest BCUT2D eigenvalue weighted by Gasteiger charge is 2.25. The Bertz CT molecular complexity index is 1630. The van der Waals surface area contributed by atoms with Crippen LogP contribution in [-0.4, -0.2) is 23.6 Å². The molecule has 8 nitrogen and oxygen atoms in total. The monoisotopic (exact) mass is 638 g/mol. The van der Waals surface area contributed by atoms with E-state index in [-0.39, 0.29) is 64.8 Å². The Balaban J connectivity index is 0.00000529. The van der Waals surface area contributed by atoms with Crippen molar-refractivity contribution < 1.29 is 23.5 Å². The van der Waals surface area contributed by atoms with Gasteiger partial charge in [0.2, 0.25) is 11.8 Å². The summed E-state index contributed by atoms with van der Waals surface area (Å²) in [6.45, 7) is 3.64. The van der Waals surface area contributed by atoms with Gasteiger partial charge in [0.1, 0.15) is 11.6 Å². The number of carbonyl (C=O) groups excluding carboxylic acids is 3. The fraction of sp³-hybridized carbons (Fsp3) is 0.182. The van der Waals surface area contributed by atoms with Gasteiger partial charge < -0.3 is 26.4 Å². The highest BCUT2D eigenvalue weighted by atomic mass is 35.5. The van der Waals surface area contributed by atoms with E-state index in [2.05, 4.69) is 16.0 Å². The lowest BCUT2D eigenvalue weighted by molar-refractivity contribution is -0.118. The van der Waals surface area contributed by atoms with Gasteiger partial charge in [0, 0.05) is 36.8 Å². The molecule has 44 heavy (non-hydrogen) atoms. The number of ketones is 1. The van der Waals surface area contributed by atoms with E-state index < -0.39 is 17.7 Å². The average Bonchev–Trinajstić information content (AvgIpc) is 2.99. The van der Waals surface area contributed by atoms with Gasteiger partial charge in [0.15, 0.2) is 11.5 Å². The highest BCUT2D eigenvalue weighted by molar-refractivity contribution is 6.36. The molecule has 0 fully saturated rings. The third-order valence-electron chi connectivity index (χ3n) is 6.63. The molecular weight excluding hydrogens is 606 g/mol. The summed E-state index contributed by atoms with van der Waals surface area (Å²) in [6, 6.07) is 22.1. The summed E-state index contributed by atoms with van der Waals surface area (Å²) in [7, 11) is 0. The van der Waals surface area contributed by atoms with Crippen LogP contribution >= 0.6 is 24.0 Å². The molecule has 2 amide bonds. The lowest BCUT2D eigenvalue weighted by Crippen LogP contribution is -2.39. The second kappa shape index (κ2) is 16.0. The predicted octanol–water partition coefficient (Wildman–Crippen LogP) is 6.85. The molecule has 4 rings (SSSR count). The van der Waals surface area contributed by atoms with Gasteiger partial charge in [-0.15, -0.1) is 12.4 Å². The van der Waals surface area contributed by atoms with E-state index in [1.165, 1.54) is 19.1 Å². The average molecular weight is 640 g/mol. The molecule has 0 spiro atoms. The molecule has 0 saturated carbocycles. The van der Waals surface area contributed by atoms with Crippen molar-refractivity contribution in [2.75, 3.05) is 10.6 Å². The quantitative estimate of drug-likeness (QED) is 0.126. The fourth-order valence-electron chi connectivity index (χ4n) is 4.40. The molecule has 0 heterocycles. The van der Waals surface area contributed by atoms with Gasteiger partial charge in [-0.05, 0) is 66.6 Å². The molecule has 11 heteroatoms. The maximum absolute atomic E-state index is 14.2. The van der Waals surface area contributed by atoms with E-state index >= 15 is 0 Å². The summed E-state index contributed by atoms with van der Waals surface area (Å²) >= 11 is 6.59. The van der Waals surface area contributed by atoms with E-state index in [1.807, 2.05) is 13.0 Å². The number of amides is 2. The Hall–Kier alpha value is -4.28. The van der Waals surface area contributed by atoms with Crippen LogP contribution in [0.1, 0.15) is 47.3 Å². The zero-order chi connectivity index (χ0) is 30.9. The Kier molecular flexibility index (Phi) is 12.4. The van der Waals surface area contributed by atoms with Crippen LogP contribution in [0.5, 0.6) is 11.5 Å². The second-order valence-corrected chi connectivity index (χ2v) is 10.2. The molecule has 0 aliphatic heterocycles. The molecule has 0 aliphatic rings. The number of nitrogens with one attached hydrogen (secondary N) is 3. The van der Waals surface area contributed by atoms with Crippen LogP contribution in [0.15, 0.2) is 84.9 Å². The molecule has 0 saturated heterocycles. The Labute approximate surface area is 266 Å². The number of ether oxygens (including phenoxy) is 1. The fourth-order valence-corrected chi connectivity index (χ4v) is 4.63. The summed E-state index contributed by atoms with van der Waals surface area (Å²) in [5, 5.41) is 8.73. The minimum Gasteiger partial charge on any atom is -0.454 e. The van der Waals surface area contributed by atoms with Crippen molar-refractivity contribution in [2.24, 2.45) is 5.73 Å². The topological polar surface area (TPSA) is 123 Å². The van der Waals surface area contributed by atoms with Gasteiger partial charge in [-0.1, -0.05) is 48.9 Å². The number of rotatable bonds is 12. The number of hydrogen-bond donors (Lipinski definition) is 4. The maximum atomic E-state index is 14.2. The summed E-state index contributed by atoms with van der Waals surface area (Å²) in [6.07, 6.45) is 0.412. The van der Waals surface area contributed by atoms with Crippen molar-refractivity contribution in [3.05, 3.63) is 118 Å². The first kappa shape index (κ1) is 34.2. The third kappa shape index (κ3) is 8.64. The Morgan fingerprint density at radius 1 is 0.955 bits per heavy atom. The number of halogens is 3. The molecule has 4 aromatic carbocycles. The first-order valence-electron chi connectivity index (χ1n) is 13.7. The SMILES string of the molecule is CCC(NCc1ccccc1F)C(=O)Nc1ccc(Cl)c(C(=O)c2ccc(NC(C)=O)cc2)c1Oc1cccc(CN)c1.Cl. The molecule has 1 atom stereocenters. The maximum Gasteiger partial charge on any atom is 0.241 e. The molecule has 0 aromatic heterocycles. The van der Waals surface area contributed by atoms with Crippen molar-refractivity contribution in [2.45, 2.75) is 39.4 Å². The van der Waals surface area contributed by atoms with Crippen molar-refractivity contribution >= 4 is 53.0 Å². The molecule has 4 aromatic rings. The van der Waals surface area contributed by atoms with Crippen LogP contribution in [0.3, 0.4) is 0 Å². The highest BCUT2D eigenvalue weighted by Crippen LogP contribution is 2.39. The van der Waals surface area contributed by atoms with Crippen LogP contribution < -0.4 is 26.4 Å². The molecule has 5 N–H and O–H groups in total. The van der Waals surface area contributed by atoms with Crippen LogP contribution in [0.4, 0.5) is 15.8 Å². The van der Waals surface area contributed by atoms with Crippen molar-refractivity contribution in [1.29, 1.82) is 0 Å². The molecule has 0 radical (unpaired) electrons. The van der Waals surface area contributed by atoms with Crippen LogP contribution in [0.2, 0.25) is 5.02 Å². The number of carbonyl (C=O) groups is 3. The summed E-state index contributed by atoms with van der Waals surface area (Å²) in [5.41, 5.74) is 8.12. The standard InChI is InChI=1S/C33H32ClFN4O4.ClH/c1-3-28(37-19-23-8-4-5-10-27(23)35)33(42)39-29-16-15-26(34)30(32(29)43-25-9-6-7-21(17-25)18-36)31(41)22-11-13-24(14-12-22)38-20(2)40;/h4-17,28,37H,3,18-19,36H2,1-2H3,(H,38,40)(H,39,42);1H. The van der Waals surface area contributed by atoms with Gasteiger partial charge in [-0.2, -0.15) is 0 Å². The zero-order valence-electron chi connectivity index (χ0n) is 24.2. The number of nitrogens with two attached hydrogens (primary N) is 1. The molecule has 0 aliphatic carbocycles. The number of benzene rings is 4. The first-order valence-corrected chi connectivity index (χ1v) is 14.1. The molecule has 1 unspecified atom stereocenters. The molecule has 230 valence electrons. The minimum absolute atomic E-state index is 0. The number of hydrogen-bond acceptors (Lipinski definition) is 6. The van der Waals surface area contributed by atoms with E-state index in [4.69, 9.17) is 22.1 Å². The van der Waals surface area contributed by atoms with Gasteiger partial charge in [0.25, 0.3) is 0 Å². The summed E-state index contributed by atoms with van der Waals surface area (Å²) < 4.78 is 20.4. The van der Waals surface area contributed by atoms with Gasteiger partial charge >= 0.3 is 0 Å². The smallest absolute Gasteiger partial charge is 0.241 e. The largest absolute Gasteiger partial charge is 0.454 e. The molecule has 0 bridgehead atoms. The normalized spacial score (nSPS) is 11.2. The second-order valence-electron chi connectivity index (χ2n) is 9.76. The van der Waals surface area contributed by atoms with E-state index in [9.17, 15) is 18.8 Å². The van der Waals surface area contributed by atoms with Crippen LogP contribution in [0, 0.1) is 5.82 Å². The van der Waals surface area contributed by atoms with E-state index in [0.717, 1.165) is 5.56 Å².